The van der Waals surface area contributed by atoms with Gasteiger partial charge in [0.25, 0.3) is 0 Å². The van der Waals surface area contributed by atoms with Crippen LogP contribution in [0.2, 0.25) is 0 Å². The van der Waals surface area contributed by atoms with Crippen LogP contribution in [-0.2, 0) is 4.79 Å². The average Bonchev–Trinajstić information content (AvgIpc) is 2.69. The number of benzene rings is 2. The van der Waals surface area contributed by atoms with E-state index in [9.17, 15) is 4.79 Å². The van der Waals surface area contributed by atoms with E-state index < -0.39 is 12.6 Å². The number of carbonyl (C=O) groups is 1. The molecule has 144 valence electrons. The van der Waals surface area contributed by atoms with E-state index in [0.29, 0.717) is 28.7 Å². The molecule has 0 radical (unpaired) electrons. The molecule has 0 spiro atoms. The first-order chi connectivity index (χ1) is 13.0. The zero-order chi connectivity index (χ0) is 19.8. The highest BCUT2D eigenvalue weighted by atomic mass is 16.5. The molecule has 0 aliphatic rings. The number of methoxy groups -OCH3 is 4. The van der Waals surface area contributed by atoms with Gasteiger partial charge in [-0.2, -0.15) is 0 Å². The standard InChI is InChI=1S/C20H22O7/c1-23-15-8-7-13(9-16(15)27-12-19(21)22)5-6-14-10-17(24-2)20(26-4)18(11-14)25-3/h5-11H,12H2,1-4H3,(H,21,22). The summed E-state index contributed by atoms with van der Waals surface area (Å²) < 4.78 is 26.5. The molecule has 0 aliphatic heterocycles. The molecule has 0 fully saturated rings. The summed E-state index contributed by atoms with van der Waals surface area (Å²) in [5, 5.41) is 8.79. The Balaban J connectivity index is 2.32. The molecule has 1 N–H and O–H groups in total. The van der Waals surface area contributed by atoms with Crippen LogP contribution >= 0.6 is 0 Å². The van der Waals surface area contributed by atoms with E-state index in [1.807, 2.05) is 30.4 Å². The second-order valence-electron chi connectivity index (χ2n) is 5.38. The molecule has 0 aliphatic carbocycles. The molecule has 0 aromatic heterocycles. The Morgan fingerprint density at radius 2 is 1.37 bits per heavy atom. The fourth-order valence-corrected chi connectivity index (χ4v) is 2.44. The first kappa shape index (κ1) is 20.0. The molecular weight excluding hydrogens is 352 g/mol. The summed E-state index contributed by atoms with van der Waals surface area (Å²) in [6, 6.07) is 8.90. The van der Waals surface area contributed by atoms with Crippen LogP contribution in [0.25, 0.3) is 12.2 Å². The molecule has 0 saturated heterocycles. The van der Waals surface area contributed by atoms with Crippen LogP contribution in [0.15, 0.2) is 30.3 Å². The van der Waals surface area contributed by atoms with Gasteiger partial charge in [0.05, 0.1) is 28.4 Å². The van der Waals surface area contributed by atoms with Gasteiger partial charge < -0.3 is 28.8 Å². The topological polar surface area (TPSA) is 83.5 Å². The van der Waals surface area contributed by atoms with Crippen molar-refractivity contribution >= 4 is 18.1 Å². The molecule has 0 atom stereocenters. The molecule has 0 unspecified atom stereocenters. The lowest BCUT2D eigenvalue weighted by molar-refractivity contribution is -0.139. The largest absolute Gasteiger partial charge is 0.493 e. The van der Waals surface area contributed by atoms with Crippen molar-refractivity contribution in [1.29, 1.82) is 0 Å². The Kier molecular flexibility index (Phi) is 6.93. The van der Waals surface area contributed by atoms with E-state index in [2.05, 4.69) is 0 Å². The van der Waals surface area contributed by atoms with Crippen molar-refractivity contribution in [3.8, 4) is 28.7 Å². The minimum atomic E-state index is -1.06. The Morgan fingerprint density at radius 3 is 1.89 bits per heavy atom. The van der Waals surface area contributed by atoms with Gasteiger partial charge in [-0.1, -0.05) is 18.2 Å². The highest BCUT2D eigenvalue weighted by Gasteiger charge is 2.12. The third-order valence-electron chi connectivity index (χ3n) is 3.69. The number of carboxylic acids is 1. The molecule has 2 aromatic carbocycles. The van der Waals surface area contributed by atoms with Gasteiger partial charge in [0.1, 0.15) is 0 Å². The minimum Gasteiger partial charge on any atom is -0.493 e. The van der Waals surface area contributed by atoms with Gasteiger partial charge >= 0.3 is 5.97 Å². The Morgan fingerprint density at radius 1 is 0.815 bits per heavy atom. The van der Waals surface area contributed by atoms with Gasteiger partial charge in [-0.15, -0.1) is 0 Å². The smallest absolute Gasteiger partial charge is 0.341 e. The van der Waals surface area contributed by atoms with Gasteiger partial charge in [0.2, 0.25) is 5.75 Å². The van der Waals surface area contributed by atoms with Crippen LogP contribution in [0, 0.1) is 0 Å². The fourth-order valence-electron chi connectivity index (χ4n) is 2.44. The number of hydrogen-bond donors (Lipinski definition) is 1. The number of carboxylic acid groups (broad SMARTS) is 1. The van der Waals surface area contributed by atoms with Gasteiger partial charge in [-0.3, -0.25) is 0 Å². The van der Waals surface area contributed by atoms with Crippen molar-refractivity contribution in [2.24, 2.45) is 0 Å². The van der Waals surface area contributed by atoms with E-state index in [1.54, 1.807) is 33.5 Å². The summed E-state index contributed by atoms with van der Waals surface area (Å²) >= 11 is 0. The SMILES string of the molecule is COc1ccc(C=Cc2cc(OC)c(OC)c(OC)c2)cc1OCC(=O)O. The molecule has 0 amide bonds. The zero-order valence-electron chi connectivity index (χ0n) is 15.6. The number of rotatable bonds is 9. The number of ether oxygens (including phenoxy) is 5. The first-order valence-electron chi connectivity index (χ1n) is 8.03. The molecule has 2 aromatic rings. The van der Waals surface area contributed by atoms with E-state index in [0.717, 1.165) is 11.1 Å². The first-order valence-corrected chi connectivity index (χ1v) is 8.03. The summed E-state index contributed by atoms with van der Waals surface area (Å²) in [6.07, 6.45) is 3.72. The predicted molar refractivity (Wildman–Crippen MR) is 101 cm³/mol. The maximum Gasteiger partial charge on any atom is 0.341 e. The van der Waals surface area contributed by atoms with E-state index in [-0.39, 0.29) is 0 Å². The lowest BCUT2D eigenvalue weighted by Crippen LogP contribution is -2.10. The van der Waals surface area contributed by atoms with Gasteiger partial charge in [-0.05, 0) is 35.4 Å². The zero-order valence-corrected chi connectivity index (χ0v) is 15.6. The van der Waals surface area contributed by atoms with Crippen molar-refractivity contribution in [3.05, 3.63) is 41.5 Å². The summed E-state index contributed by atoms with van der Waals surface area (Å²) in [7, 11) is 6.15. The fraction of sp³-hybridized carbons (Fsp3) is 0.250. The molecule has 0 heterocycles. The van der Waals surface area contributed by atoms with E-state index in [1.165, 1.54) is 7.11 Å². The second kappa shape index (κ2) is 9.38. The summed E-state index contributed by atoms with van der Waals surface area (Å²) in [5.41, 5.74) is 1.65. The number of hydrogen-bond acceptors (Lipinski definition) is 6. The Hall–Kier alpha value is -3.35. The summed E-state index contributed by atoms with van der Waals surface area (Å²) in [5.74, 6) is 1.38. The van der Waals surface area contributed by atoms with Crippen molar-refractivity contribution in [2.45, 2.75) is 0 Å². The molecule has 0 bridgehead atoms. The molecule has 7 nitrogen and oxygen atoms in total. The normalized spacial score (nSPS) is 10.5. The van der Waals surface area contributed by atoms with Crippen LogP contribution in [0.3, 0.4) is 0 Å². The predicted octanol–water partition coefficient (Wildman–Crippen LogP) is 3.35. The van der Waals surface area contributed by atoms with Crippen LogP contribution in [0.1, 0.15) is 11.1 Å². The number of aliphatic carboxylic acids is 1. The summed E-state index contributed by atoms with van der Waals surface area (Å²) in [6.45, 7) is -0.448. The quantitative estimate of drug-likeness (QED) is 0.674. The van der Waals surface area contributed by atoms with Crippen LogP contribution < -0.4 is 23.7 Å². The monoisotopic (exact) mass is 374 g/mol. The highest BCUT2D eigenvalue weighted by Crippen LogP contribution is 2.38. The molecule has 27 heavy (non-hydrogen) atoms. The van der Waals surface area contributed by atoms with Crippen molar-refractivity contribution in [3.63, 3.8) is 0 Å². The maximum atomic E-state index is 10.7. The Labute approximate surface area is 157 Å². The van der Waals surface area contributed by atoms with Gasteiger partial charge in [0.15, 0.2) is 29.6 Å². The summed E-state index contributed by atoms with van der Waals surface area (Å²) in [4.78, 5) is 10.7. The third-order valence-corrected chi connectivity index (χ3v) is 3.69. The van der Waals surface area contributed by atoms with Crippen molar-refractivity contribution < 1.29 is 33.6 Å². The van der Waals surface area contributed by atoms with Crippen LogP contribution in [0.5, 0.6) is 28.7 Å². The highest BCUT2D eigenvalue weighted by molar-refractivity contribution is 5.74. The molecular formula is C20H22O7. The van der Waals surface area contributed by atoms with Gasteiger partial charge in [0, 0.05) is 0 Å². The minimum absolute atomic E-state index is 0.354. The lowest BCUT2D eigenvalue weighted by atomic mass is 10.1. The van der Waals surface area contributed by atoms with Crippen molar-refractivity contribution in [2.75, 3.05) is 35.0 Å². The van der Waals surface area contributed by atoms with E-state index in [4.69, 9.17) is 28.8 Å². The maximum absolute atomic E-state index is 10.7. The third kappa shape index (κ3) is 5.07. The lowest BCUT2D eigenvalue weighted by Gasteiger charge is -2.13. The molecule has 0 saturated carbocycles. The van der Waals surface area contributed by atoms with Gasteiger partial charge in [-0.25, -0.2) is 4.79 Å². The molecule has 2 rings (SSSR count). The molecule has 7 heteroatoms. The van der Waals surface area contributed by atoms with E-state index >= 15 is 0 Å². The average molecular weight is 374 g/mol. The second-order valence-corrected chi connectivity index (χ2v) is 5.38. The van der Waals surface area contributed by atoms with Crippen LogP contribution in [0.4, 0.5) is 0 Å². The Bertz CT molecular complexity index is 802. The van der Waals surface area contributed by atoms with Crippen molar-refractivity contribution in [1.82, 2.24) is 0 Å². The van der Waals surface area contributed by atoms with Crippen LogP contribution in [-0.4, -0.2) is 46.1 Å².